The second kappa shape index (κ2) is 10.5. The number of nitrogens with one attached hydrogen (secondary N) is 1. The lowest BCUT2D eigenvalue weighted by molar-refractivity contribution is -0.132. The van der Waals surface area contributed by atoms with Crippen LogP contribution in [0.4, 0.5) is 4.39 Å². The first-order chi connectivity index (χ1) is 14.5. The summed E-state index contributed by atoms with van der Waals surface area (Å²) < 4.78 is 13.6. The van der Waals surface area contributed by atoms with Gasteiger partial charge in [0.1, 0.15) is 5.82 Å². The van der Waals surface area contributed by atoms with Crippen molar-refractivity contribution in [1.29, 1.82) is 5.26 Å². The molecule has 0 atom stereocenters. The molecular weight excluding hydrogens is 383 g/mol. The van der Waals surface area contributed by atoms with Crippen molar-refractivity contribution in [3.63, 3.8) is 0 Å². The minimum Gasteiger partial charge on any atom is -0.346 e. The van der Waals surface area contributed by atoms with Gasteiger partial charge in [0.25, 0.3) is 0 Å². The maximum Gasteiger partial charge on any atom is 0.241 e. The third-order valence-electron chi connectivity index (χ3n) is 5.05. The number of amides is 2. The van der Waals surface area contributed by atoms with Gasteiger partial charge in [0.05, 0.1) is 24.7 Å². The molecule has 1 saturated heterocycles. The van der Waals surface area contributed by atoms with Crippen molar-refractivity contribution in [3.05, 3.63) is 71.0 Å². The van der Waals surface area contributed by atoms with Gasteiger partial charge in [-0.05, 0) is 48.2 Å². The van der Waals surface area contributed by atoms with Crippen molar-refractivity contribution in [2.45, 2.75) is 25.9 Å². The number of rotatable bonds is 8. The monoisotopic (exact) mass is 408 g/mol. The number of hydrogen-bond donors (Lipinski definition) is 1. The van der Waals surface area contributed by atoms with Crippen LogP contribution in [0.5, 0.6) is 0 Å². The molecule has 0 unspecified atom stereocenters. The van der Waals surface area contributed by atoms with E-state index < -0.39 is 0 Å². The Morgan fingerprint density at radius 2 is 1.77 bits per heavy atom. The Labute approximate surface area is 175 Å². The summed E-state index contributed by atoms with van der Waals surface area (Å²) in [6.07, 6.45) is 2.01. The van der Waals surface area contributed by atoms with Crippen LogP contribution in [0.15, 0.2) is 48.5 Å². The predicted molar refractivity (Wildman–Crippen MR) is 110 cm³/mol. The third-order valence-corrected chi connectivity index (χ3v) is 5.05. The van der Waals surface area contributed by atoms with Crippen LogP contribution in [-0.2, 0) is 22.7 Å². The maximum atomic E-state index is 13.6. The highest BCUT2D eigenvalue weighted by atomic mass is 19.1. The second-order valence-electron chi connectivity index (χ2n) is 7.45. The molecule has 2 aromatic rings. The Bertz CT molecular complexity index is 918. The molecule has 6 nitrogen and oxygen atoms in total. The number of carbonyl (C=O) groups is 2. The van der Waals surface area contributed by atoms with E-state index in [1.165, 1.54) is 12.1 Å². The molecule has 1 fully saturated rings. The Morgan fingerprint density at radius 1 is 1.07 bits per heavy atom. The van der Waals surface area contributed by atoms with Crippen LogP contribution in [0.3, 0.4) is 0 Å². The summed E-state index contributed by atoms with van der Waals surface area (Å²) in [6, 6.07) is 15.5. The van der Waals surface area contributed by atoms with Crippen LogP contribution in [0, 0.1) is 17.1 Å². The Kier molecular flexibility index (Phi) is 7.52. The highest BCUT2D eigenvalue weighted by Gasteiger charge is 2.19. The molecule has 0 aliphatic carbocycles. The number of carbonyl (C=O) groups excluding carboxylic acids is 2. The minimum atomic E-state index is -0.327. The first-order valence-electron chi connectivity index (χ1n) is 10.0. The molecule has 30 heavy (non-hydrogen) atoms. The Balaban J connectivity index is 1.62. The predicted octanol–water partition coefficient (Wildman–Crippen LogP) is 2.44. The lowest BCUT2D eigenvalue weighted by atomic mass is 10.1. The van der Waals surface area contributed by atoms with Gasteiger partial charge in [-0.1, -0.05) is 24.3 Å². The number of nitrogens with zero attached hydrogens (tertiary/aromatic N) is 3. The van der Waals surface area contributed by atoms with Gasteiger partial charge >= 0.3 is 0 Å². The fraction of sp³-hybridized carbons (Fsp3) is 0.348. The molecule has 0 bridgehead atoms. The van der Waals surface area contributed by atoms with Crippen LogP contribution in [0.2, 0.25) is 0 Å². The molecule has 1 N–H and O–H groups in total. The molecule has 3 rings (SSSR count). The van der Waals surface area contributed by atoms with Gasteiger partial charge in [-0.15, -0.1) is 0 Å². The molecule has 156 valence electrons. The van der Waals surface area contributed by atoms with Crippen molar-refractivity contribution in [2.24, 2.45) is 0 Å². The van der Waals surface area contributed by atoms with E-state index in [9.17, 15) is 14.0 Å². The van der Waals surface area contributed by atoms with Gasteiger partial charge < -0.3 is 10.2 Å². The van der Waals surface area contributed by atoms with E-state index in [1.54, 1.807) is 23.1 Å². The van der Waals surface area contributed by atoms with Crippen LogP contribution >= 0.6 is 0 Å². The van der Waals surface area contributed by atoms with E-state index in [0.29, 0.717) is 18.7 Å². The topological polar surface area (TPSA) is 76.4 Å². The Morgan fingerprint density at radius 3 is 2.43 bits per heavy atom. The number of nitriles is 1. The minimum absolute atomic E-state index is 0.0104. The summed E-state index contributed by atoms with van der Waals surface area (Å²) in [6.45, 7) is 2.40. The van der Waals surface area contributed by atoms with Crippen molar-refractivity contribution >= 4 is 11.8 Å². The summed E-state index contributed by atoms with van der Waals surface area (Å²) >= 11 is 0. The average Bonchev–Trinajstić information content (AvgIpc) is 3.27. The van der Waals surface area contributed by atoms with E-state index in [4.69, 9.17) is 5.26 Å². The van der Waals surface area contributed by atoms with Crippen LogP contribution in [0.1, 0.15) is 29.5 Å². The number of hydrogen-bond acceptors (Lipinski definition) is 4. The molecule has 0 saturated carbocycles. The summed E-state index contributed by atoms with van der Waals surface area (Å²) in [5, 5.41) is 11.7. The molecule has 2 aromatic carbocycles. The summed E-state index contributed by atoms with van der Waals surface area (Å²) in [7, 11) is 0. The highest BCUT2D eigenvalue weighted by Crippen LogP contribution is 2.12. The molecular formula is C23H25FN4O2. The van der Waals surface area contributed by atoms with Gasteiger partial charge in [0.15, 0.2) is 0 Å². The number of halogens is 1. The molecule has 0 aromatic heterocycles. The summed E-state index contributed by atoms with van der Waals surface area (Å²) in [5.41, 5.74) is 2.25. The highest BCUT2D eigenvalue weighted by molar-refractivity contribution is 5.85. The second-order valence-corrected chi connectivity index (χ2v) is 7.45. The first-order valence-corrected chi connectivity index (χ1v) is 10.0. The quantitative estimate of drug-likeness (QED) is 0.728. The van der Waals surface area contributed by atoms with Crippen LogP contribution < -0.4 is 5.32 Å². The molecule has 0 spiro atoms. The lowest BCUT2D eigenvalue weighted by Gasteiger charge is -2.22. The molecule has 1 aliphatic rings. The van der Waals surface area contributed by atoms with Crippen LogP contribution in [-0.4, -0.2) is 47.8 Å². The van der Waals surface area contributed by atoms with Crippen molar-refractivity contribution < 1.29 is 14.0 Å². The van der Waals surface area contributed by atoms with Gasteiger partial charge in [-0.2, -0.15) is 5.26 Å². The zero-order chi connectivity index (χ0) is 21.3. The SMILES string of the molecule is N#Cc1ccc(CN(CC(=O)NCC(=O)N2CCCC2)Cc2cccc(F)c2)cc1. The molecule has 0 radical (unpaired) electrons. The zero-order valence-corrected chi connectivity index (χ0v) is 16.8. The first kappa shape index (κ1) is 21.5. The molecule has 1 heterocycles. The molecule has 7 heteroatoms. The van der Waals surface area contributed by atoms with E-state index >= 15 is 0 Å². The third kappa shape index (κ3) is 6.39. The van der Waals surface area contributed by atoms with Crippen molar-refractivity contribution in [3.8, 4) is 6.07 Å². The average molecular weight is 408 g/mol. The van der Waals surface area contributed by atoms with Crippen molar-refractivity contribution in [2.75, 3.05) is 26.2 Å². The molecule has 1 aliphatic heterocycles. The maximum absolute atomic E-state index is 13.6. The summed E-state index contributed by atoms with van der Waals surface area (Å²) in [5.74, 6) is -0.649. The fourth-order valence-electron chi connectivity index (χ4n) is 3.52. The number of likely N-dealkylation sites (tertiary alicyclic amines) is 1. The largest absolute Gasteiger partial charge is 0.346 e. The number of benzene rings is 2. The van der Waals surface area contributed by atoms with E-state index in [2.05, 4.69) is 11.4 Å². The van der Waals surface area contributed by atoms with E-state index in [0.717, 1.165) is 37.1 Å². The smallest absolute Gasteiger partial charge is 0.241 e. The Hall–Kier alpha value is -3.24. The van der Waals surface area contributed by atoms with Gasteiger partial charge in [-0.3, -0.25) is 14.5 Å². The van der Waals surface area contributed by atoms with Gasteiger partial charge in [-0.25, -0.2) is 4.39 Å². The van der Waals surface area contributed by atoms with Gasteiger partial charge in [0.2, 0.25) is 11.8 Å². The zero-order valence-electron chi connectivity index (χ0n) is 16.8. The van der Waals surface area contributed by atoms with Gasteiger partial charge in [0, 0.05) is 26.2 Å². The van der Waals surface area contributed by atoms with E-state index in [-0.39, 0.29) is 30.7 Å². The molecule has 2 amide bonds. The standard InChI is InChI=1S/C23H25FN4O2/c24-21-5-3-4-20(12-21)16-27(15-19-8-6-18(13-25)7-9-19)17-22(29)26-14-23(30)28-10-1-2-11-28/h3-9,12H,1-2,10-11,14-17H2,(H,26,29). The van der Waals surface area contributed by atoms with Crippen LogP contribution in [0.25, 0.3) is 0 Å². The fourth-order valence-corrected chi connectivity index (χ4v) is 3.52. The summed E-state index contributed by atoms with van der Waals surface area (Å²) in [4.78, 5) is 28.3. The van der Waals surface area contributed by atoms with Crippen molar-refractivity contribution in [1.82, 2.24) is 15.1 Å². The van der Waals surface area contributed by atoms with E-state index in [1.807, 2.05) is 23.1 Å². The lowest BCUT2D eigenvalue weighted by Crippen LogP contribution is -2.42. The normalized spacial score (nSPS) is 13.3.